The molecule has 1 unspecified atom stereocenters. The molecule has 110 valence electrons. The molecule has 1 heterocycles. The minimum atomic E-state index is -0.788. The molecule has 0 radical (unpaired) electrons. The first-order valence-corrected chi connectivity index (χ1v) is 6.49. The Morgan fingerprint density at radius 1 is 1.50 bits per heavy atom. The maximum atomic E-state index is 11.1. The Morgan fingerprint density at radius 2 is 2.15 bits per heavy atom. The summed E-state index contributed by atoms with van der Waals surface area (Å²) in [4.78, 5) is 20.5. The second kappa shape index (κ2) is 6.76. The van der Waals surface area contributed by atoms with Crippen LogP contribution in [0.5, 0.6) is 0 Å². The summed E-state index contributed by atoms with van der Waals surface area (Å²) < 4.78 is 0. The van der Waals surface area contributed by atoms with Crippen molar-refractivity contribution in [1.29, 1.82) is 0 Å². The number of carbonyl (C=O) groups is 1. The van der Waals surface area contributed by atoms with Crippen LogP contribution in [0.25, 0.3) is 5.70 Å². The van der Waals surface area contributed by atoms with Gasteiger partial charge in [0.25, 0.3) is 0 Å². The monoisotopic (exact) mass is 381 g/mol. The Kier molecular flexibility index (Phi) is 5.82. The third-order valence-electron chi connectivity index (χ3n) is 2.70. The molecule has 0 saturated carbocycles. The lowest BCUT2D eigenvalue weighted by atomic mass is 10.2. The SMILES string of the molecule is Br.CCC1=c2c(Cl)c(Cl)ccc2=NC(N)N1OC(C)=O. The molecule has 1 aromatic rings. The molecule has 2 N–H and O–H groups in total. The maximum Gasteiger partial charge on any atom is 0.329 e. The van der Waals surface area contributed by atoms with Gasteiger partial charge in [0.1, 0.15) is 0 Å². The second-order valence-corrected chi connectivity index (χ2v) is 4.79. The maximum absolute atomic E-state index is 11.1. The van der Waals surface area contributed by atoms with E-state index in [1.54, 1.807) is 12.1 Å². The number of fused-ring (bicyclic) bond motifs is 1. The highest BCUT2D eigenvalue weighted by molar-refractivity contribution is 8.93. The number of hydrogen-bond donors (Lipinski definition) is 1. The van der Waals surface area contributed by atoms with Gasteiger partial charge in [0.2, 0.25) is 6.29 Å². The van der Waals surface area contributed by atoms with E-state index in [1.165, 1.54) is 12.0 Å². The van der Waals surface area contributed by atoms with Crippen LogP contribution < -0.4 is 16.3 Å². The van der Waals surface area contributed by atoms with Crippen molar-refractivity contribution in [2.45, 2.75) is 26.6 Å². The highest BCUT2D eigenvalue weighted by Crippen LogP contribution is 2.20. The fourth-order valence-electron chi connectivity index (χ4n) is 1.97. The lowest BCUT2D eigenvalue weighted by Crippen LogP contribution is -2.50. The Balaban J connectivity index is 0.00000200. The minimum absolute atomic E-state index is 0. The predicted molar refractivity (Wildman–Crippen MR) is 82.8 cm³/mol. The van der Waals surface area contributed by atoms with E-state index >= 15 is 0 Å². The van der Waals surface area contributed by atoms with E-state index in [1.807, 2.05) is 6.92 Å². The molecule has 0 amide bonds. The standard InChI is InChI=1S/C12H13Cl2N3O2.BrH/c1-3-9-10-8(5-4-7(13)11(10)14)16-12(15)17(9)19-6(2)18;/h4-5,12H,3,15H2,1-2H3;1H. The molecular formula is C12H14BrCl2N3O2. The van der Waals surface area contributed by atoms with Gasteiger partial charge in [-0.2, -0.15) is 5.06 Å². The number of hydrogen-bond acceptors (Lipinski definition) is 5. The first-order chi connectivity index (χ1) is 8.95. The molecule has 0 spiro atoms. The molecule has 0 aromatic heterocycles. The Hall–Kier alpha value is -0.820. The van der Waals surface area contributed by atoms with Crippen molar-refractivity contribution in [2.75, 3.05) is 0 Å². The largest absolute Gasteiger partial charge is 0.338 e. The lowest BCUT2D eigenvalue weighted by molar-refractivity contribution is -0.181. The molecule has 8 heteroatoms. The summed E-state index contributed by atoms with van der Waals surface area (Å²) in [7, 11) is 0. The van der Waals surface area contributed by atoms with Gasteiger partial charge >= 0.3 is 5.97 Å². The van der Waals surface area contributed by atoms with Gasteiger partial charge in [0, 0.05) is 12.1 Å². The Bertz CT molecular complexity index is 651. The van der Waals surface area contributed by atoms with Crippen LogP contribution in [0, 0.1) is 0 Å². The Labute approximate surface area is 136 Å². The molecule has 1 aliphatic heterocycles. The molecule has 1 atom stereocenters. The van der Waals surface area contributed by atoms with E-state index in [-0.39, 0.29) is 17.0 Å². The highest BCUT2D eigenvalue weighted by atomic mass is 79.9. The van der Waals surface area contributed by atoms with Crippen LogP contribution >= 0.6 is 40.2 Å². The smallest absolute Gasteiger partial charge is 0.329 e. The van der Waals surface area contributed by atoms with Crippen molar-refractivity contribution in [1.82, 2.24) is 5.06 Å². The normalized spacial score (nSPS) is 16.9. The molecule has 2 rings (SSSR count). The topological polar surface area (TPSA) is 67.9 Å². The van der Waals surface area contributed by atoms with Crippen molar-refractivity contribution in [2.24, 2.45) is 10.7 Å². The van der Waals surface area contributed by atoms with Gasteiger partial charge in [-0.3, -0.25) is 10.5 Å². The summed E-state index contributed by atoms with van der Waals surface area (Å²) in [5, 5.41) is 3.36. The van der Waals surface area contributed by atoms with Crippen LogP contribution in [-0.2, 0) is 9.63 Å². The fraction of sp³-hybridized carbons (Fsp3) is 0.333. The molecule has 0 aliphatic carbocycles. The Morgan fingerprint density at radius 3 is 2.70 bits per heavy atom. The van der Waals surface area contributed by atoms with E-state index in [9.17, 15) is 4.79 Å². The van der Waals surface area contributed by atoms with Crippen LogP contribution in [-0.4, -0.2) is 17.3 Å². The van der Waals surface area contributed by atoms with Crippen molar-refractivity contribution in [3.63, 3.8) is 0 Å². The number of hydroxylamine groups is 2. The fourth-order valence-corrected chi connectivity index (χ4v) is 2.39. The zero-order valence-corrected chi connectivity index (χ0v) is 14.1. The van der Waals surface area contributed by atoms with Crippen molar-refractivity contribution in [3.8, 4) is 0 Å². The third kappa shape index (κ3) is 3.09. The molecule has 20 heavy (non-hydrogen) atoms. The number of nitrogens with zero attached hydrogens (tertiary/aromatic N) is 2. The number of benzene rings is 1. The van der Waals surface area contributed by atoms with E-state index in [4.69, 9.17) is 33.8 Å². The van der Waals surface area contributed by atoms with Crippen LogP contribution in [0.2, 0.25) is 10.0 Å². The van der Waals surface area contributed by atoms with Gasteiger partial charge in [-0.1, -0.05) is 30.1 Å². The van der Waals surface area contributed by atoms with E-state index in [2.05, 4.69) is 4.99 Å². The average molecular weight is 383 g/mol. The summed E-state index contributed by atoms with van der Waals surface area (Å²) in [5.41, 5.74) is 6.56. The van der Waals surface area contributed by atoms with Crippen molar-refractivity contribution in [3.05, 3.63) is 32.8 Å². The average Bonchev–Trinajstić information content (AvgIpc) is 2.35. The number of rotatable bonds is 2. The van der Waals surface area contributed by atoms with Gasteiger partial charge in [0.15, 0.2) is 0 Å². The van der Waals surface area contributed by atoms with Crippen LogP contribution in [0.15, 0.2) is 17.1 Å². The molecule has 1 aliphatic rings. The molecular weight excluding hydrogens is 369 g/mol. The van der Waals surface area contributed by atoms with Crippen molar-refractivity contribution >= 4 is 51.8 Å². The lowest BCUT2D eigenvalue weighted by Gasteiger charge is -2.30. The number of nitrogens with two attached hydrogens (primary N) is 1. The van der Waals surface area contributed by atoms with Crippen LogP contribution in [0.4, 0.5) is 0 Å². The van der Waals surface area contributed by atoms with Gasteiger partial charge < -0.3 is 4.84 Å². The summed E-state index contributed by atoms with van der Waals surface area (Å²) in [6.07, 6.45) is -0.215. The van der Waals surface area contributed by atoms with E-state index in [0.717, 1.165) is 0 Å². The summed E-state index contributed by atoms with van der Waals surface area (Å²) in [6, 6.07) is 3.40. The first kappa shape index (κ1) is 17.2. The molecule has 1 aromatic carbocycles. The van der Waals surface area contributed by atoms with Gasteiger partial charge in [-0.25, -0.2) is 4.99 Å². The van der Waals surface area contributed by atoms with E-state index < -0.39 is 12.3 Å². The third-order valence-corrected chi connectivity index (χ3v) is 3.51. The van der Waals surface area contributed by atoms with E-state index in [0.29, 0.717) is 32.7 Å². The van der Waals surface area contributed by atoms with Crippen LogP contribution in [0.1, 0.15) is 20.3 Å². The van der Waals surface area contributed by atoms with Gasteiger partial charge in [0.05, 0.1) is 21.1 Å². The molecule has 5 nitrogen and oxygen atoms in total. The van der Waals surface area contributed by atoms with Gasteiger partial charge in [-0.05, 0) is 18.6 Å². The molecule has 0 fully saturated rings. The predicted octanol–water partition coefficient (Wildman–Crippen LogP) is 1.75. The quantitative estimate of drug-likeness (QED) is 0.845. The molecule has 0 saturated heterocycles. The van der Waals surface area contributed by atoms with Gasteiger partial charge in [-0.15, -0.1) is 17.0 Å². The summed E-state index contributed by atoms with van der Waals surface area (Å²) >= 11 is 12.2. The zero-order chi connectivity index (χ0) is 14.2. The van der Waals surface area contributed by atoms with Crippen LogP contribution in [0.3, 0.4) is 0 Å². The summed E-state index contributed by atoms with van der Waals surface area (Å²) in [6.45, 7) is 3.21. The summed E-state index contributed by atoms with van der Waals surface area (Å²) in [5.74, 6) is -0.474. The number of halogens is 3. The molecule has 0 bridgehead atoms. The zero-order valence-electron chi connectivity index (χ0n) is 10.9. The first-order valence-electron chi connectivity index (χ1n) is 5.74. The minimum Gasteiger partial charge on any atom is -0.338 e. The highest BCUT2D eigenvalue weighted by Gasteiger charge is 2.25. The second-order valence-electron chi connectivity index (χ2n) is 4.01. The number of carbonyl (C=O) groups excluding carboxylic acids is 1. The van der Waals surface area contributed by atoms with Crippen molar-refractivity contribution < 1.29 is 9.63 Å².